The van der Waals surface area contributed by atoms with E-state index in [0.717, 1.165) is 38.5 Å². The molecule has 0 aromatic heterocycles. The molecule has 0 radical (unpaired) electrons. The first-order chi connectivity index (χ1) is 16.6. The van der Waals surface area contributed by atoms with E-state index in [1.54, 1.807) is 0 Å². The van der Waals surface area contributed by atoms with Crippen LogP contribution in [-0.4, -0.2) is 45.1 Å². The molecule has 4 saturated carbocycles. The van der Waals surface area contributed by atoms with Crippen LogP contribution in [0.4, 0.5) is 0 Å². The van der Waals surface area contributed by atoms with Crippen molar-refractivity contribution in [2.45, 2.75) is 117 Å². The molecule has 0 amide bonds. The summed E-state index contributed by atoms with van der Waals surface area (Å²) >= 11 is 0. The van der Waals surface area contributed by atoms with Crippen LogP contribution in [0.15, 0.2) is 11.6 Å². The molecule has 1 spiro atoms. The van der Waals surface area contributed by atoms with E-state index in [0.29, 0.717) is 24.3 Å². The molecule has 0 aromatic carbocycles. The normalized spacial score (nSPS) is 48.7. The van der Waals surface area contributed by atoms with Crippen molar-refractivity contribution in [3.8, 4) is 0 Å². The molecule has 6 nitrogen and oxygen atoms in total. The largest absolute Gasteiger partial charge is 0.481 e. The van der Waals surface area contributed by atoms with Gasteiger partial charge >= 0.3 is 11.9 Å². The van der Waals surface area contributed by atoms with Crippen LogP contribution in [-0.2, 0) is 14.3 Å². The fourth-order valence-corrected chi connectivity index (χ4v) is 10.7. The fraction of sp³-hybridized carbons (Fsp3) is 0.867. The monoisotopic (exact) mass is 502 g/mol. The second kappa shape index (κ2) is 8.05. The van der Waals surface area contributed by atoms with Crippen LogP contribution in [0.2, 0.25) is 0 Å². The van der Waals surface area contributed by atoms with Gasteiger partial charge in [0.1, 0.15) is 6.10 Å². The van der Waals surface area contributed by atoms with Crippen LogP contribution in [0.25, 0.3) is 0 Å². The molecule has 0 aromatic rings. The van der Waals surface area contributed by atoms with E-state index in [1.807, 2.05) is 26.8 Å². The van der Waals surface area contributed by atoms with Gasteiger partial charge in [-0.05, 0) is 111 Å². The standard InChI is InChI=1S/C30H46O6/c1-17-7-8-21(36-25(17)34)18(2)19-9-11-28(6)24-20(31)15-22(26(3,4)35)29(12-10-23(32)33)16-30(24,29)14-13-27(19,28)5/h7,18-22,24,31,35H,8-16H2,1-6H3,(H,32,33). The number of carboxylic acids is 1. The summed E-state index contributed by atoms with van der Waals surface area (Å²) in [5.74, 6) is -0.346. The van der Waals surface area contributed by atoms with Gasteiger partial charge in [-0.3, -0.25) is 4.79 Å². The number of aliphatic carboxylic acids is 1. The van der Waals surface area contributed by atoms with E-state index in [4.69, 9.17) is 4.74 Å². The molecule has 0 bridgehead atoms. The molecule has 36 heavy (non-hydrogen) atoms. The fourth-order valence-electron chi connectivity index (χ4n) is 10.7. The van der Waals surface area contributed by atoms with Crippen molar-refractivity contribution >= 4 is 11.9 Å². The second-order valence-corrected chi connectivity index (χ2v) is 14.3. The molecule has 3 N–H and O–H groups in total. The summed E-state index contributed by atoms with van der Waals surface area (Å²) in [6.45, 7) is 12.5. The van der Waals surface area contributed by atoms with Crippen LogP contribution in [0.5, 0.6) is 0 Å². The van der Waals surface area contributed by atoms with E-state index >= 15 is 0 Å². The van der Waals surface area contributed by atoms with Crippen LogP contribution in [0, 0.1) is 45.3 Å². The Morgan fingerprint density at radius 1 is 1.22 bits per heavy atom. The first kappa shape index (κ1) is 26.2. The summed E-state index contributed by atoms with van der Waals surface area (Å²) in [5, 5.41) is 32.5. The van der Waals surface area contributed by atoms with Crippen molar-refractivity contribution in [1.82, 2.24) is 0 Å². The molecule has 6 heteroatoms. The smallest absolute Gasteiger partial charge is 0.333 e. The Balaban J connectivity index is 1.48. The molecule has 202 valence electrons. The first-order valence-corrected chi connectivity index (χ1v) is 14.1. The van der Waals surface area contributed by atoms with Crippen molar-refractivity contribution in [1.29, 1.82) is 0 Å². The lowest BCUT2D eigenvalue weighted by molar-refractivity contribution is -0.194. The SMILES string of the molecule is CC1=CCC(C(C)C2CCC3(C)C4C(O)CC(C(C)(C)O)C5(CCC(=O)O)CC45CCC23C)OC1=O. The summed E-state index contributed by atoms with van der Waals surface area (Å²) in [5.41, 5.74) is -0.660. The maximum atomic E-state index is 12.3. The Bertz CT molecular complexity index is 980. The number of hydrogen-bond donors (Lipinski definition) is 3. The number of ether oxygens (including phenoxy) is 1. The summed E-state index contributed by atoms with van der Waals surface area (Å²) < 4.78 is 5.87. The highest BCUT2D eigenvalue weighted by Crippen LogP contribution is 2.87. The predicted octanol–water partition coefficient (Wildman–Crippen LogP) is 5.11. The first-order valence-electron chi connectivity index (χ1n) is 14.1. The van der Waals surface area contributed by atoms with Crippen LogP contribution in [0.1, 0.15) is 99.3 Å². The topological polar surface area (TPSA) is 104 Å². The van der Waals surface area contributed by atoms with Crippen molar-refractivity contribution < 1.29 is 29.6 Å². The van der Waals surface area contributed by atoms with E-state index in [2.05, 4.69) is 20.8 Å². The van der Waals surface area contributed by atoms with Crippen molar-refractivity contribution in [2.24, 2.45) is 45.3 Å². The number of fused-ring (bicyclic) bond motifs is 2. The van der Waals surface area contributed by atoms with Crippen LogP contribution >= 0.6 is 0 Å². The number of aliphatic hydroxyl groups excluding tert-OH is 1. The minimum Gasteiger partial charge on any atom is -0.481 e. The lowest BCUT2D eigenvalue weighted by Gasteiger charge is -2.63. The third-order valence-electron chi connectivity index (χ3n) is 12.6. The minimum atomic E-state index is -0.959. The van der Waals surface area contributed by atoms with Gasteiger partial charge < -0.3 is 20.1 Å². The van der Waals surface area contributed by atoms with E-state index in [9.17, 15) is 24.9 Å². The molecule has 1 aliphatic heterocycles. The number of aliphatic hydroxyl groups is 2. The van der Waals surface area contributed by atoms with E-state index in [1.165, 1.54) is 0 Å². The van der Waals surface area contributed by atoms with Gasteiger partial charge in [0.15, 0.2) is 0 Å². The average molecular weight is 503 g/mol. The van der Waals surface area contributed by atoms with E-state index < -0.39 is 17.7 Å². The molecule has 5 aliphatic rings. The maximum Gasteiger partial charge on any atom is 0.333 e. The zero-order chi connectivity index (χ0) is 26.5. The zero-order valence-electron chi connectivity index (χ0n) is 23.0. The molecule has 10 unspecified atom stereocenters. The quantitative estimate of drug-likeness (QED) is 0.436. The Morgan fingerprint density at radius 3 is 2.53 bits per heavy atom. The predicted molar refractivity (Wildman–Crippen MR) is 136 cm³/mol. The molecule has 5 rings (SSSR count). The molecular weight excluding hydrogens is 456 g/mol. The van der Waals surface area contributed by atoms with E-state index in [-0.39, 0.29) is 57.9 Å². The van der Waals surface area contributed by atoms with Gasteiger partial charge in [-0.2, -0.15) is 0 Å². The number of rotatable bonds is 6. The molecule has 10 atom stereocenters. The molecular formula is C30H46O6. The highest BCUT2D eigenvalue weighted by Gasteiger charge is 2.82. The minimum absolute atomic E-state index is 0.00856. The molecule has 0 saturated heterocycles. The number of carboxylic acid groups (broad SMARTS) is 1. The summed E-state index contributed by atoms with van der Waals surface area (Å²) in [7, 11) is 0. The summed E-state index contributed by atoms with van der Waals surface area (Å²) in [6, 6.07) is 0. The van der Waals surface area contributed by atoms with Gasteiger partial charge in [-0.15, -0.1) is 0 Å². The Kier molecular flexibility index (Phi) is 5.86. The van der Waals surface area contributed by atoms with Crippen molar-refractivity contribution in [3.05, 3.63) is 11.6 Å². The summed E-state index contributed by atoms with van der Waals surface area (Å²) in [4.78, 5) is 23.9. The molecule has 4 aliphatic carbocycles. The van der Waals surface area contributed by atoms with Gasteiger partial charge in [0.2, 0.25) is 0 Å². The lowest BCUT2D eigenvalue weighted by Crippen LogP contribution is -2.60. The highest BCUT2D eigenvalue weighted by atomic mass is 16.5. The van der Waals surface area contributed by atoms with Gasteiger partial charge in [-0.1, -0.05) is 26.8 Å². The lowest BCUT2D eigenvalue weighted by atomic mass is 9.42. The average Bonchev–Trinajstić information content (AvgIpc) is 3.35. The highest BCUT2D eigenvalue weighted by molar-refractivity contribution is 5.88. The second-order valence-electron chi connectivity index (χ2n) is 14.3. The molecule has 4 fully saturated rings. The van der Waals surface area contributed by atoms with Crippen LogP contribution < -0.4 is 0 Å². The number of cyclic esters (lactones) is 1. The number of esters is 1. The van der Waals surface area contributed by atoms with Crippen molar-refractivity contribution in [2.75, 3.05) is 0 Å². The van der Waals surface area contributed by atoms with Gasteiger partial charge in [-0.25, -0.2) is 4.79 Å². The van der Waals surface area contributed by atoms with Gasteiger partial charge in [0, 0.05) is 18.4 Å². The van der Waals surface area contributed by atoms with Gasteiger partial charge in [0.05, 0.1) is 11.7 Å². The Labute approximate surface area is 215 Å². The number of carbonyl (C=O) groups excluding carboxylic acids is 1. The third-order valence-corrected chi connectivity index (χ3v) is 12.6. The summed E-state index contributed by atoms with van der Waals surface area (Å²) in [6.07, 6.45) is 8.41. The third kappa shape index (κ3) is 3.35. The Morgan fingerprint density at radius 2 is 1.92 bits per heavy atom. The zero-order valence-corrected chi connectivity index (χ0v) is 23.0. The van der Waals surface area contributed by atoms with Gasteiger partial charge in [0.25, 0.3) is 0 Å². The number of carbonyl (C=O) groups is 2. The molecule has 1 heterocycles. The van der Waals surface area contributed by atoms with Crippen molar-refractivity contribution in [3.63, 3.8) is 0 Å². The number of hydrogen-bond acceptors (Lipinski definition) is 5. The maximum absolute atomic E-state index is 12.3. The Hall–Kier alpha value is -1.40. The van der Waals surface area contributed by atoms with Crippen LogP contribution in [0.3, 0.4) is 0 Å².